The van der Waals surface area contributed by atoms with Gasteiger partial charge in [-0.15, -0.1) is 0 Å². The minimum absolute atomic E-state index is 0.0281. The highest BCUT2D eigenvalue weighted by Crippen LogP contribution is 2.23. The van der Waals surface area contributed by atoms with Crippen LogP contribution in [0.3, 0.4) is 0 Å². The normalized spacial score (nSPS) is 14.0. The Balaban J connectivity index is 2.31. The molecular weight excluding hydrogens is 368 g/mol. The van der Waals surface area contributed by atoms with Crippen LogP contribution in [0, 0.1) is 0 Å². The Morgan fingerprint density at radius 2 is 1.57 bits per heavy atom. The third-order valence-corrected chi connectivity index (χ3v) is 3.85. The lowest BCUT2D eigenvalue weighted by molar-refractivity contribution is -0.143. The SMILES string of the molecule is CC(=O)Nc1ccc(C(=O)CN2C(=O)C(=O)N(C(C)C)C2=O)c(NC(C)=O)c1. The second-order valence-electron chi connectivity index (χ2n) is 6.49. The largest absolute Gasteiger partial charge is 0.334 e. The first-order chi connectivity index (χ1) is 13.0. The minimum Gasteiger partial charge on any atom is -0.326 e. The van der Waals surface area contributed by atoms with E-state index in [2.05, 4.69) is 10.6 Å². The number of anilines is 2. The fourth-order valence-corrected chi connectivity index (χ4v) is 2.71. The van der Waals surface area contributed by atoms with Crippen LogP contribution in [0.25, 0.3) is 0 Å². The molecule has 0 unspecified atom stereocenters. The fraction of sp³-hybridized carbons (Fsp3) is 0.333. The molecule has 10 nitrogen and oxygen atoms in total. The van der Waals surface area contributed by atoms with Gasteiger partial charge in [0.2, 0.25) is 11.8 Å². The van der Waals surface area contributed by atoms with Gasteiger partial charge in [-0.3, -0.25) is 28.9 Å². The fourth-order valence-electron chi connectivity index (χ4n) is 2.71. The third-order valence-electron chi connectivity index (χ3n) is 3.85. The van der Waals surface area contributed by atoms with Crippen molar-refractivity contribution < 1.29 is 28.8 Å². The maximum Gasteiger partial charge on any atom is 0.334 e. The van der Waals surface area contributed by atoms with Gasteiger partial charge in [0.1, 0.15) is 0 Å². The number of amides is 6. The highest BCUT2D eigenvalue weighted by atomic mass is 16.2. The van der Waals surface area contributed by atoms with Crippen molar-refractivity contribution in [1.82, 2.24) is 9.80 Å². The van der Waals surface area contributed by atoms with E-state index in [1.54, 1.807) is 13.8 Å². The molecule has 0 aliphatic carbocycles. The summed E-state index contributed by atoms with van der Waals surface area (Å²) in [6.07, 6.45) is 0. The lowest BCUT2D eigenvalue weighted by Gasteiger charge is -2.18. The molecule has 2 rings (SSSR count). The van der Waals surface area contributed by atoms with E-state index in [9.17, 15) is 28.8 Å². The molecule has 0 atom stereocenters. The number of urea groups is 1. The molecule has 0 bridgehead atoms. The van der Waals surface area contributed by atoms with Gasteiger partial charge in [0.05, 0.1) is 12.2 Å². The highest BCUT2D eigenvalue weighted by molar-refractivity contribution is 6.45. The second kappa shape index (κ2) is 7.99. The smallest absolute Gasteiger partial charge is 0.326 e. The number of rotatable bonds is 6. The van der Waals surface area contributed by atoms with Gasteiger partial charge in [-0.1, -0.05) is 0 Å². The Morgan fingerprint density at radius 3 is 2.07 bits per heavy atom. The van der Waals surface area contributed by atoms with Gasteiger partial charge >= 0.3 is 17.8 Å². The molecule has 0 aromatic heterocycles. The molecule has 1 heterocycles. The molecule has 1 fully saturated rings. The molecule has 1 saturated heterocycles. The van der Waals surface area contributed by atoms with E-state index < -0.39 is 42.1 Å². The molecule has 1 aliphatic heterocycles. The summed E-state index contributed by atoms with van der Waals surface area (Å²) in [5, 5.41) is 5.00. The number of imide groups is 2. The summed E-state index contributed by atoms with van der Waals surface area (Å²) in [7, 11) is 0. The number of hydrogen-bond donors (Lipinski definition) is 2. The van der Waals surface area contributed by atoms with Crippen molar-refractivity contribution in [2.24, 2.45) is 0 Å². The average Bonchev–Trinajstić information content (AvgIpc) is 2.77. The van der Waals surface area contributed by atoms with E-state index in [1.807, 2.05) is 0 Å². The van der Waals surface area contributed by atoms with Crippen LogP contribution < -0.4 is 10.6 Å². The Morgan fingerprint density at radius 1 is 0.964 bits per heavy atom. The van der Waals surface area contributed by atoms with E-state index in [1.165, 1.54) is 32.0 Å². The standard InChI is InChI=1S/C18H20N4O6/c1-9(2)22-17(27)16(26)21(18(22)28)8-15(25)13-6-5-12(19-10(3)23)7-14(13)20-11(4)24/h5-7,9H,8H2,1-4H3,(H,19,23)(H,20,24). The van der Waals surface area contributed by atoms with E-state index in [4.69, 9.17) is 0 Å². The van der Waals surface area contributed by atoms with Crippen LogP contribution in [0.5, 0.6) is 0 Å². The van der Waals surface area contributed by atoms with Crippen molar-refractivity contribution in [3.8, 4) is 0 Å². The van der Waals surface area contributed by atoms with Gasteiger partial charge in [-0.25, -0.2) is 9.69 Å². The summed E-state index contributed by atoms with van der Waals surface area (Å²) in [6, 6.07) is 2.78. The highest BCUT2D eigenvalue weighted by Gasteiger charge is 2.46. The number of carbonyl (C=O) groups is 6. The van der Waals surface area contributed by atoms with Crippen molar-refractivity contribution in [3.63, 3.8) is 0 Å². The Bertz CT molecular complexity index is 892. The minimum atomic E-state index is -1.08. The van der Waals surface area contributed by atoms with Crippen LogP contribution >= 0.6 is 0 Å². The van der Waals surface area contributed by atoms with Gasteiger partial charge in [0, 0.05) is 31.1 Å². The molecule has 1 aromatic carbocycles. The van der Waals surface area contributed by atoms with Gasteiger partial charge in [0.15, 0.2) is 5.78 Å². The Labute approximate surface area is 160 Å². The van der Waals surface area contributed by atoms with Gasteiger partial charge in [-0.05, 0) is 32.0 Å². The zero-order chi connectivity index (χ0) is 21.2. The average molecular weight is 388 g/mol. The van der Waals surface area contributed by atoms with E-state index in [0.717, 1.165) is 4.90 Å². The van der Waals surface area contributed by atoms with Crippen molar-refractivity contribution in [2.45, 2.75) is 33.7 Å². The topological polar surface area (TPSA) is 133 Å². The number of Topliss-reactive ketones (excluding diaryl/α,β-unsaturated/α-hetero) is 1. The quantitative estimate of drug-likeness (QED) is 0.424. The second-order valence-corrected chi connectivity index (χ2v) is 6.49. The van der Waals surface area contributed by atoms with Crippen molar-refractivity contribution in [3.05, 3.63) is 23.8 Å². The lowest BCUT2D eigenvalue weighted by atomic mass is 10.1. The van der Waals surface area contributed by atoms with Crippen LogP contribution in [-0.2, 0) is 19.2 Å². The first-order valence-electron chi connectivity index (χ1n) is 8.44. The molecule has 28 heavy (non-hydrogen) atoms. The summed E-state index contributed by atoms with van der Waals surface area (Å²) in [5.74, 6) is -3.52. The summed E-state index contributed by atoms with van der Waals surface area (Å²) in [6.45, 7) is 5.04. The number of nitrogens with one attached hydrogen (secondary N) is 2. The maximum absolute atomic E-state index is 12.7. The van der Waals surface area contributed by atoms with Crippen molar-refractivity contribution in [1.29, 1.82) is 0 Å². The molecule has 1 aliphatic rings. The monoisotopic (exact) mass is 388 g/mol. The molecule has 0 spiro atoms. The molecule has 1 aromatic rings. The Hall–Kier alpha value is -3.56. The molecule has 10 heteroatoms. The van der Waals surface area contributed by atoms with Crippen LogP contribution in [0.15, 0.2) is 18.2 Å². The first-order valence-corrected chi connectivity index (χ1v) is 8.44. The number of carbonyl (C=O) groups excluding carboxylic acids is 6. The summed E-state index contributed by atoms with van der Waals surface area (Å²) in [4.78, 5) is 73.0. The lowest BCUT2D eigenvalue weighted by Crippen LogP contribution is -2.39. The van der Waals surface area contributed by atoms with Gasteiger partial charge in [-0.2, -0.15) is 0 Å². The van der Waals surface area contributed by atoms with E-state index in [0.29, 0.717) is 10.6 Å². The molecule has 6 amide bonds. The van der Waals surface area contributed by atoms with Crippen molar-refractivity contribution in [2.75, 3.05) is 17.2 Å². The number of ketones is 1. The molecular formula is C18H20N4O6. The number of nitrogens with zero attached hydrogens (tertiary/aromatic N) is 2. The van der Waals surface area contributed by atoms with E-state index in [-0.39, 0.29) is 17.2 Å². The number of hydrogen-bond acceptors (Lipinski definition) is 6. The summed E-state index contributed by atoms with van der Waals surface area (Å²) < 4.78 is 0. The van der Waals surface area contributed by atoms with Crippen molar-refractivity contribution >= 4 is 46.8 Å². The molecule has 2 N–H and O–H groups in total. The summed E-state index contributed by atoms with van der Waals surface area (Å²) >= 11 is 0. The van der Waals surface area contributed by atoms with Gasteiger partial charge in [0.25, 0.3) is 0 Å². The van der Waals surface area contributed by atoms with Gasteiger partial charge < -0.3 is 10.6 Å². The zero-order valence-corrected chi connectivity index (χ0v) is 15.9. The van der Waals surface area contributed by atoms with Crippen LogP contribution in [-0.4, -0.2) is 57.8 Å². The van der Waals surface area contributed by atoms with Crippen LogP contribution in [0.2, 0.25) is 0 Å². The Kier molecular flexibility index (Phi) is 5.92. The number of benzene rings is 1. The molecule has 148 valence electrons. The zero-order valence-electron chi connectivity index (χ0n) is 15.9. The van der Waals surface area contributed by atoms with Crippen LogP contribution in [0.4, 0.5) is 16.2 Å². The van der Waals surface area contributed by atoms with Crippen LogP contribution in [0.1, 0.15) is 38.1 Å². The summed E-state index contributed by atoms with van der Waals surface area (Å²) in [5.41, 5.74) is 0.484. The molecule has 0 radical (unpaired) electrons. The predicted molar refractivity (Wildman–Crippen MR) is 98.5 cm³/mol. The maximum atomic E-state index is 12.7. The molecule has 0 saturated carbocycles. The first kappa shape index (κ1) is 20.7. The predicted octanol–water partition coefficient (Wildman–Crippen LogP) is 0.985. The third kappa shape index (κ3) is 4.22. The van der Waals surface area contributed by atoms with E-state index >= 15 is 0 Å².